The first-order valence-electron chi connectivity index (χ1n) is 7.89. The van der Waals surface area contributed by atoms with Crippen molar-refractivity contribution in [1.82, 2.24) is 9.97 Å². The molecule has 2 aromatic heterocycles. The molecule has 4 rings (SSSR count). The smallest absolute Gasteiger partial charge is 0.323 e. The van der Waals surface area contributed by atoms with Gasteiger partial charge in [-0.1, -0.05) is 11.6 Å². The summed E-state index contributed by atoms with van der Waals surface area (Å²) < 4.78 is 5.72. The third kappa shape index (κ3) is 3.02. The number of carbonyl (C=O) groups is 1. The van der Waals surface area contributed by atoms with E-state index in [9.17, 15) is 9.59 Å². The molecule has 7 heteroatoms. The third-order valence-electron chi connectivity index (χ3n) is 4.06. The fraction of sp³-hybridized carbons (Fsp3) is 0.0526. The van der Waals surface area contributed by atoms with E-state index in [1.807, 2.05) is 12.1 Å². The van der Waals surface area contributed by atoms with E-state index >= 15 is 0 Å². The number of carbonyl (C=O) groups excluding carboxylic acids is 1. The second-order valence-electron chi connectivity index (χ2n) is 5.88. The van der Waals surface area contributed by atoms with Crippen molar-refractivity contribution in [2.75, 3.05) is 5.32 Å². The summed E-state index contributed by atoms with van der Waals surface area (Å²) in [5.41, 5.74) is 2.87. The van der Waals surface area contributed by atoms with Gasteiger partial charge >= 0.3 is 5.69 Å². The number of hydrogen-bond donors (Lipinski definition) is 3. The molecule has 0 fully saturated rings. The van der Waals surface area contributed by atoms with Gasteiger partial charge in [0.1, 0.15) is 11.5 Å². The second kappa shape index (κ2) is 6.24. The number of aromatic nitrogens is 2. The molecule has 0 bridgehead atoms. The summed E-state index contributed by atoms with van der Waals surface area (Å²) in [6.45, 7) is 1.74. The maximum Gasteiger partial charge on any atom is 0.323 e. The largest absolute Gasteiger partial charge is 0.461 e. The Morgan fingerprint density at radius 3 is 2.54 bits per heavy atom. The van der Waals surface area contributed by atoms with Crippen molar-refractivity contribution in [3.63, 3.8) is 0 Å². The zero-order chi connectivity index (χ0) is 18.3. The molecule has 0 saturated heterocycles. The van der Waals surface area contributed by atoms with Gasteiger partial charge in [-0.3, -0.25) is 4.79 Å². The van der Waals surface area contributed by atoms with Crippen molar-refractivity contribution in [2.45, 2.75) is 6.92 Å². The summed E-state index contributed by atoms with van der Waals surface area (Å²) in [5.74, 6) is 0.821. The third-order valence-corrected chi connectivity index (χ3v) is 4.32. The van der Waals surface area contributed by atoms with Gasteiger partial charge in [-0.2, -0.15) is 0 Å². The molecule has 0 aliphatic heterocycles. The summed E-state index contributed by atoms with van der Waals surface area (Å²) >= 11 is 5.90. The summed E-state index contributed by atoms with van der Waals surface area (Å²) in [5, 5.41) is 3.45. The summed E-state index contributed by atoms with van der Waals surface area (Å²) in [6, 6.07) is 14.0. The van der Waals surface area contributed by atoms with Gasteiger partial charge in [-0.15, -0.1) is 0 Å². The van der Waals surface area contributed by atoms with Crippen LogP contribution in [-0.2, 0) is 0 Å². The molecule has 1 amide bonds. The average Bonchev–Trinajstić information content (AvgIpc) is 3.17. The molecule has 0 aliphatic carbocycles. The lowest BCUT2D eigenvalue weighted by Gasteiger charge is -2.04. The maximum absolute atomic E-state index is 12.6. The van der Waals surface area contributed by atoms with Crippen LogP contribution >= 0.6 is 11.6 Å². The Morgan fingerprint density at radius 2 is 1.77 bits per heavy atom. The summed E-state index contributed by atoms with van der Waals surface area (Å²) in [7, 11) is 0. The minimum absolute atomic E-state index is 0.288. The zero-order valence-electron chi connectivity index (χ0n) is 13.7. The van der Waals surface area contributed by atoms with Gasteiger partial charge in [0.05, 0.1) is 16.6 Å². The van der Waals surface area contributed by atoms with Crippen molar-refractivity contribution in [3.8, 4) is 11.3 Å². The van der Waals surface area contributed by atoms with E-state index in [1.54, 1.807) is 43.3 Å². The SMILES string of the molecule is Cc1oc(-c2ccc(Cl)cc2)cc1C(=O)Nc1ccc2[nH]c(=O)[nH]c2c1. The maximum atomic E-state index is 12.6. The number of imidazole rings is 1. The van der Waals surface area contributed by atoms with E-state index in [0.717, 1.165) is 5.56 Å². The van der Waals surface area contributed by atoms with E-state index in [0.29, 0.717) is 38.8 Å². The van der Waals surface area contributed by atoms with Crippen LogP contribution < -0.4 is 11.0 Å². The zero-order valence-corrected chi connectivity index (χ0v) is 14.5. The monoisotopic (exact) mass is 367 g/mol. The number of aryl methyl sites for hydroxylation is 1. The topological polar surface area (TPSA) is 90.9 Å². The van der Waals surface area contributed by atoms with Crippen molar-refractivity contribution in [2.24, 2.45) is 0 Å². The fourth-order valence-electron chi connectivity index (χ4n) is 2.77. The highest BCUT2D eigenvalue weighted by Gasteiger charge is 2.16. The van der Waals surface area contributed by atoms with Crippen molar-refractivity contribution >= 4 is 34.2 Å². The van der Waals surface area contributed by atoms with Gasteiger partial charge < -0.3 is 19.7 Å². The molecule has 0 saturated carbocycles. The Balaban J connectivity index is 1.61. The Morgan fingerprint density at radius 1 is 1.04 bits per heavy atom. The number of hydrogen-bond acceptors (Lipinski definition) is 3. The number of H-pyrrole nitrogens is 2. The highest BCUT2D eigenvalue weighted by molar-refractivity contribution is 6.30. The van der Waals surface area contributed by atoms with E-state index in [-0.39, 0.29) is 11.6 Å². The minimum Gasteiger partial charge on any atom is -0.461 e. The number of aromatic amines is 2. The quantitative estimate of drug-likeness (QED) is 0.503. The molecule has 3 N–H and O–H groups in total. The van der Waals surface area contributed by atoms with Crippen LogP contribution in [0.4, 0.5) is 5.69 Å². The van der Waals surface area contributed by atoms with Crippen LogP contribution in [0.3, 0.4) is 0 Å². The molecular formula is C19H14ClN3O3. The van der Waals surface area contributed by atoms with Crippen LogP contribution in [0.25, 0.3) is 22.4 Å². The number of amides is 1. The van der Waals surface area contributed by atoms with E-state index in [2.05, 4.69) is 15.3 Å². The minimum atomic E-state index is -0.290. The van der Waals surface area contributed by atoms with Gasteiger partial charge in [0.25, 0.3) is 5.91 Å². The Labute approximate surface area is 152 Å². The molecule has 0 unspecified atom stereocenters. The lowest BCUT2D eigenvalue weighted by atomic mass is 10.1. The number of anilines is 1. The number of benzene rings is 2. The molecule has 0 spiro atoms. The number of fused-ring (bicyclic) bond motifs is 1. The highest BCUT2D eigenvalue weighted by Crippen LogP contribution is 2.27. The Hall–Kier alpha value is -3.25. The molecule has 0 aliphatic rings. The van der Waals surface area contributed by atoms with Gasteiger partial charge in [0, 0.05) is 16.3 Å². The average molecular weight is 368 g/mol. The molecule has 2 aromatic carbocycles. The van der Waals surface area contributed by atoms with E-state index < -0.39 is 0 Å². The molecule has 0 radical (unpaired) electrons. The number of furan rings is 1. The second-order valence-corrected chi connectivity index (χ2v) is 6.32. The molecule has 4 aromatic rings. The number of halogens is 1. The first-order valence-corrected chi connectivity index (χ1v) is 8.27. The molecule has 6 nitrogen and oxygen atoms in total. The molecule has 2 heterocycles. The summed E-state index contributed by atoms with van der Waals surface area (Å²) in [4.78, 5) is 29.2. The van der Waals surface area contributed by atoms with Gasteiger partial charge in [-0.25, -0.2) is 4.79 Å². The molecule has 0 atom stereocenters. The first-order chi connectivity index (χ1) is 12.5. The standard InChI is InChI=1S/C19H14ClN3O3/c1-10-14(9-17(26-10)11-2-4-12(20)5-3-11)18(24)21-13-6-7-15-16(8-13)23-19(25)22-15/h2-9H,1H3,(H,21,24)(H2,22,23,25). The highest BCUT2D eigenvalue weighted by atomic mass is 35.5. The number of rotatable bonds is 3. The fourth-order valence-corrected chi connectivity index (χ4v) is 2.90. The normalized spacial score (nSPS) is 11.0. The molecule has 26 heavy (non-hydrogen) atoms. The van der Waals surface area contributed by atoms with Crippen molar-refractivity contribution < 1.29 is 9.21 Å². The van der Waals surface area contributed by atoms with Crippen LogP contribution in [-0.4, -0.2) is 15.9 Å². The lowest BCUT2D eigenvalue weighted by Crippen LogP contribution is -2.12. The van der Waals surface area contributed by atoms with E-state index in [4.69, 9.17) is 16.0 Å². The molecular weight excluding hydrogens is 354 g/mol. The van der Waals surface area contributed by atoms with Crippen LogP contribution in [0.5, 0.6) is 0 Å². The Kier molecular flexibility index (Phi) is 3.89. The van der Waals surface area contributed by atoms with Crippen molar-refractivity contribution in [1.29, 1.82) is 0 Å². The van der Waals surface area contributed by atoms with Gasteiger partial charge in [0.2, 0.25) is 0 Å². The van der Waals surface area contributed by atoms with Crippen LogP contribution in [0.2, 0.25) is 5.02 Å². The van der Waals surface area contributed by atoms with Gasteiger partial charge in [-0.05, 0) is 55.5 Å². The predicted molar refractivity (Wildman–Crippen MR) is 101 cm³/mol. The van der Waals surface area contributed by atoms with Crippen LogP contribution in [0.15, 0.2) is 57.7 Å². The van der Waals surface area contributed by atoms with Gasteiger partial charge in [0.15, 0.2) is 0 Å². The van der Waals surface area contributed by atoms with Crippen molar-refractivity contribution in [3.05, 3.63) is 75.4 Å². The van der Waals surface area contributed by atoms with E-state index in [1.165, 1.54) is 0 Å². The number of nitrogens with one attached hydrogen (secondary N) is 3. The molecule has 130 valence electrons. The Bertz CT molecular complexity index is 1170. The van der Waals surface area contributed by atoms with Crippen LogP contribution in [0.1, 0.15) is 16.1 Å². The first kappa shape index (κ1) is 16.2. The summed E-state index contributed by atoms with van der Waals surface area (Å²) in [6.07, 6.45) is 0. The van der Waals surface area contributed by atoms with Crippen LogP contribution in [0, 0.1) is 6.92 Å². The predicted octanol–water partition coefficient (Wildman–Crippen LogP) is 4.33. The lowest BCUT2D eigenvalue weighted by molar-refractivity contribution is 0.102.